The van der Waals surface area contributed by atoms with Crippen LogP contribution in [0.4, 0.5) is 5.69 Å². The molecule has 31 heavy (non-hydrogen) atoms. The molecule has 2 heterocycles. The molecule has 0 bridgehead atoms. The number of rotatable bonds is 6. The van der Waals surface area contributed by atoms with Gasteiger partial charge in [0.05, 0.1) is 21.2 Å². The summed E-state index contributed by atoms with van der Waals surface area (Å²) in [4.78, 5) is 27.6. The third-order valence-corrected chi connectivity index (χ3v) is 9.06. The third kappa shape index (κ3) is 4.23. The molecule has 10 heteroatoms. The van der Waals surface area contributed by atoms with E-state index in [1.807, 2.05) is 0 Å². The van der Waals surface area contributed by atoms with Gasteiger partial charge in [-0.3, -0.25) is 9.59 Å². The zero-order chi connectivity index (χ0) is 22.2. The predicted molar refractivity (Wildman–Crippen MR) is 115 cm³/mol. The molecule has 1 aromatic carbocycles. The number of hydrogen-bond acceptors (Lipinski definition) is 6. The highest BCUT2D eigenvalue weighted by Crippen LogP contribution is 2.37. The van der Waals surface area contributed by atoms with Crippen molar-refractivity contribution < 1.29 is 18.0 Å². The van der Waals surface area contributed by atoms with Crippen molar-refractivity contribution in [2.75, 3.05) is 24.5 Å². The number of nitrogens with one attached hydrogen (secondary N) is 1. The Morgan fingerprint density at radius 2 is 1.97 bits per heavy atom. The summed E-state index contributed by atoms with van der Waals surface area (Å²) < 4.78 is 26.6. The Kier molecular flexibility index (Phi) is 5.88. The molecule has 2 aliphatic heterocycles. The summed E-state index contributed by atoms with van der Waals surface area (Å²) in [6.45, 7) is 1.74. The minimum absolute atomic E-state index is 0.0162. The van der Waals surface area contributed by atoms with E-state index in [1.54, 1.807) is 12.1 Å². The first-order chi connectivity index (χ1) is 14.8. The summed E-state index contributed by atoms with van der Waals surface area (Å²) in [5, 5.41) is 11.1. The molecule has 3 fully saturated rings. The van der Waals surface area contributed by atoms with Gasteiger partial charge in [0.1, 0.15) is 11.6 Å². The number of sulfone groups is 1. The Morgan fingerprint density at radius 3 is 2.55 bits per heavy atom. The number of nitrogens with zero attached hydrogens (tertiary/aromatic N) is 3. The fourth-order valence-electron chi connectivity index (χ4n) is 4.38. The molecular formula is C21H25ClN4O4S. The highest BCUT2D eigenvalue weighted by molar-refractivity contribution is 7.92. The summed E-state index contributed by atoms with van der Waals surface area (Å²) in [6.07, 6.45) is 4.96. The molecule has 2 atom stereocenters. The van der Waals surface area contributed by atoms with Crippen LogP contribution in [0.5, 0.6) is 0 Å². The Balaban J connectivity index is 1.52. The summed E-state index contributed by atoms with van der Waals surface area (Å²) in [5.74, 6) is -0.490. The van der Waals surface area contributed by atoms with Crippen LogP contribution >= 0.6 is 11.6 Å². The van der Waals surface area contributed by atoms with Crippen LogP contribution in [0.1, 0.15) is 38.5 Å². The van der Waals surface area contributed by atoms with Crippen molar-refractivity contribution >= 4 is 39.4 Å². The fourth-order valence-corrected chi connectivity index (χ4v) is 6.63. The van der Waals surface area contributed by atoms with Crippen molar-refractivity contribution in [2.45, 2.75) is 60.3 Å². The van der Waals surface area contributed by atoms with Gasteiger partial charge in [-0.05, 0) is 56.7 Å². The molecular weight excluding hydrogens is 440 g/mol. The van der Waals surface area contributed by atoms with E-state index in [-0.39, 0.29) is 22.9 Å². The topological polar surface area (TPSA) is 111 Å². The van der Waals surface area contributed by atoms with Crippen LogP contribution in [0, 0.1) is 11.3 Å². The van der Waals surface area contributed by atoms with Gasteiger partial charge < -0.3 is 15.1 Å². The van der Waals surface area contributed by atoms with Crippen LogP contribution in [0.3, 0.4) is 0 Å². The summed E-state index contributed by atoms with van der Waals surface area (Å²) in [7, 11) is -3.86. The Bertz CT molecular complexity index is 1030. The van der Waals surface area contributed by atoms with Gasteiger partial charge in [0.15, 0.2) is 9.84 Å². The van der Waals surface area contributed by atoms with Gasteiger partial charge >= 0.3 is 0 Å². The maximum Gasteiger partial charge on any atom is 0.244 e. The fraction of sp³-hybridized carbons (Fsp3) is 0.571. The molecule has 0 radical (unpaired) electrons. The maximum atomic E-state index is 13.3. The van der Waals surface area contributed by atoms with Crippen LogP contribution < -0.4 is 10.2 Å². The molecule has 2 saturated heterocycles. The number of piperidine rings is 1. The lowest BCUT2D eigenvalue weighted by Crippen LogP contribution is -2.47. The van der Waals surface area contributed by atoms with E-state index >= 15 is 0 Å². The summed E-state index contributed by atoms with van der Waals surface area (Å²) >= 11 is 6.39. The largest absolute Gasteiger partial charge is 0.371 e. The second-order valence-electron chi connectivity index (χ2n) is 8.57. The minimum Gasteiger partial charge on any atom is -0.371 e. The molecule has 0 unspecified atom stereocenters. The first kappa shape index (κ1) is 21.9. The third-order valence-electron chi connectivity index (χ3n) is 6.45. The molecule has 1 saturated carbocycles. The van der Waals surface area contributed by atoms with Gasteiger partial charge in [0.25, 0.3) is 0 Å². The molecule has 4 rings (SSSR count). The number of hydrogen-bond donors (Lipinski definition) is 1. The number of carbonyl (C=O) groups excluding carboxylic acids is 2. The van der Waals surface area contributed by atoms with Crippen molar-refractivity contribution in [3.05, 3.63) is 23.2 Å². The highest BCUT2D eigenvalue weighted by atomic mass is 35.5. The predicted octanol–water partition coefficient (Wildman–Crippen LogP) is 1.88. The van der Waals surface area contributed by atoms with Gasteiger partial charge in [-0.1, -0.05) is 11.6 Å². The van der Waals surface area contributed by atoms with E-state index in [4.69, 9.17) is 11.6 Å². The Labute approximate surface area is 187 Å². The molecule has 1 N–H and O–H groups in total. The van der Waals surface area contributed by atoms with Gasteiger partial charge in [0.2, 0.25) is 12.3 Å². The number of nitriles is 1. The van der Waals surface area contributed by atoms with E-state index in [9.17, 15) is 23.3 Å². The lowest BCUT2D eigenvalue weighted by atomic mass is 10.1. The number of anilines is 1. The first-order valence-electron chi connectivity index (χ1n) is 10.5. The maximum absolute atomic E-state index is 13.3. The highest BCUT2D eigenvalue weighted by Gasteiger charge is 2.49. The molecule has 8 nitrogen and oxygen atoms in total. The summed E-state index contributed by atoms with van der Waals surface area (Å²) in [6, 6.07) is 6.12. The quantitative estimate of drug-likeness (QED) is 0.643. The van der Waals surface area contributed by atoms with Gasteiger partial charge in [-0.2, -0.15) is 5.26 Å². The van der Waals surface area contributed by atoms with Crippen molar-refractivity contribution in [3.8, 4) is 6.07 Å². The van der Waals surface area contributed by atoms with E-state index in [2.05, 4.69) is 16.3 Å². The van der Waals surface area contributed by atoms with Gasteiger partial charge in [-0.25, -0.2) is 8.42 Å². The monoisotopic (exact) mass is 464 g/mol. The zero-order valence-corrected chi connectivity index (χ0v) is 18.7. The summed E-state index contributed by atoms with van der Waals surface area (Å²) in [5.41, 5.74) is 0.0176. The average Bonchev–Trinajstić information content (AvgIpc) is 3.39. The van der Waals surface area contributed by atoms with Crippen LogP contribution in [0.25, 0.3) is 0 Å². The Morgan fingerprint density at radius 1 is 1.26 bits per heavy atom. The van der Waals surface area contributed by atoms with Crippen molar-refractivity contribution in [1.29, 1.82) is 5.26 Å². The van der Waals surface area contributed by atoms with Crippen LogP contribution in [0.2, 0.25) is 5.02 Å². The van der Waals surface area contributed by atoms with Crippen LogP contribution in [-0.4, -0.2) is 62.1 Å². The van der Waals surface area contributed by atoms with Gasteiger partial charge in [-0.15, -0.1) is 0 Å². The van der Waals surface area contributed by atoms with Gasteiger partial charge in [0, 0.05) is 25.3 Å². The van der Waals surface area contributed by atoms with E-state index in [0.717, 1.165) is 31.6 Å². The molecule has 166 valence electrons. The number of benzene rings is 1. The second kappa shape index (κ2) is 8.32. The number of likely N-dealkylation sites (tertiary alicyclic amines) is 1. The molecule has 0 spiro atoms. The Hall–Kier alpha value is -2.31. The standard InChI is InChI=1S/C21H25ClN4O4S/c22-17-10-15(25-8-2-1-3-9-25)4-5-19(17)31(29,30)16-11-18(26(12-16)14-27)20(28)24-21(13-23)6-7-21/h4-5,10,14,16,18H,1-3,6-9,11-12H2,(H,24,28)/t16-,18+/m1/s1. The number of halogens is 1. The van der Waals surface area contributed by atoms with E-state index in [0.29, 0.717) is 19.3 Å². The van der Waals surface area contributed by atoms with E-state index < -0.39 is 32.6 Å². The normalized spacial score (nSPS) is 25.0. The minimum atomic E-state index is -3.86. The second-order valence-corrected chi connectivity index (χ2v) is 11.2. The van der Waals surface area contributed by atoms with Crippen LogP contribution in [-0.2, 0) is 19.4 Å². The average molecular weight is 465 g/mol. The first-order valence-corrected chi connectivity index (χ1v) is 12.4. The van der Waals surface area contributed by atoms with E-state index in [1.165, 1.54) is 17.4 Å². The van der Waals surface area contributed by atoms with Crippen LogP contribution in [0.15, 0.2) is 23.1 Å². The number of carbonyl (C=O) groups is 2. The molecule has 3 aliphatic rings. The number of amides is 2. The van der Waals surface area contributed by atoms with Crippen molar-refractivity contribution in [1.82, 2.24) is 10.2 Å². The lowest BCUT2D eigenvalue weighted by Gasteiger charge is -2.29. The van der Waals surface area contributed by atoms with Crippen molar-refractivity contribution in [2.24, 2.45) is 0 Å². The zero-order valence-electron chi connectivity index (χ0n) is 17.1. The molecule has 1 aromatic rings. The smallest absolute Gasteiger partial charge is 0.244 e. The molecule has 2 amide bonds. The van der Waals surface area contributed by atoms with Crippen molar-refractivity contribution in [3.63, 3.8) is 0 Å². The lowest BCUT2D eigenvalue weighted by molar-refractivity contribution is -0.131. The molecule has 1 aliphatic carbocycles. The molecule has 0 aromatic heterocycles. The SMILES string of the molecule is N#CC1(NC(=O)[C@@H]2C[C@@H](S(=O)(=O)c3ccc(N4CCCCC4)cc3Cl)CN2C=O)CC1.